The molecule has 9 heteroatoms. The standard InChI is InChI=1S/C16H17N5O4/c22-13-6-7-21(16(25)20-13)9-14(23)17-11-2-1-3-12(8-11)19-15(24)18-10-4-5-10/h1-3,6-8,10H,4-5,9H2,(H,17,23)(H2,18,19,24)(H,20,22,25). The monoisotopic (exact) mass is 343 g/mol. The van der Waals surface area contributed by atoms with E-state index in [0.717, 1.165) is 23.5 Å². The van der Waals surface area contributed by atoms with Gasteiger partial charge in [0.1, 0.15) is 6.54 Å². The van der Waals surface area contributed by atoms with Gasteiger partial charge in [-0.3, -0.25) is 19.1 Å². The molecule has 3 rings (SSSR count). The molecule has 0 bridgehead atoms. The second-order valence-corrected chi connectivity index (χ2v) is 5.74. The van der Waals surface area contributed by atoms with Gasteiger partial charge in [0.05, 0.1) is 0 Å². The number of hydrogen-bond acceptors (Lipinski definition) is 4. The number of H-pyrrole nitrogens is 1. The van der Waals surface area contributed by atoms with Gasteiger partial charge in [0.2, 0.25) is 5.91 Å². The minimum atomic E-state index is -0.658. The van der Waals surface area contributed by atoms with E-state index in [1.54, 1.807) is 24.3 Å². The van der Waals surface area contributed by atoms with Gasteiger partial charge < -0.3 is 16.0 Å². The van der Waals surface area contributed by atoms with E-state index in [4.69, 9.17) is 0 Å². The molecular weight excluding hydrogens is 326 g/mol. The van der Waals surface area contributed by atoms with Crippen LogP contribution in [0.2, 0.25) is 0 Å². The number of rotatable bonds is 5. The normalized spacial score (nSPS) is 13.1. The van der Waals surface area contributed by atoms with Crippen LogP contribution in [0.4, 0.5) is 16.2 Å². The molecule has 0 aliphatic heterocycles. The summed E-state index contributed by atoms with van der Waals surface area (Å²) in [7, 11) is 0. The van der Waals surface area contributed by atoms with Crippen LogP contribution in [-0.2, 0) is 11.3 Å². The molecule has 1 aliphatic rings. The molecule has 2 aromatic rings. The minimum Gasteiger partial charge on any atom is -0.335 e. The quantitative estimate of drug-likeness (QED) is 0.629. The summed E-state index contributed by atoms with van der Waals surface area (Å²) in [6, 6.07) is 7.79. The average Bonchev–Trinajstić information content (AvgIpc) is 3.34. The molecule has 0 spiro atoms. The first-order chi connectivity index (χ1) is 12.0. The van der Waals surface area contributed by atoms with E-state index in [-0.39, 0.29) is 18.6 Å². The highest BCUT2D eigenvalue weighted by atomic mass is 16.2. The van der Waals surface area contributed by atoms with Crippen molar-refractivity contribution in [3.05, 3.63) is 57.4 Å². The molecule has 9 nitrogen and oxygen atoms in total. The van der Waals surface area contributed by atoms with Crippen LogP contribution in [-0.4, -0.2) is 27.5 Å². The number of aromatic nitrogens is 2. The Morgan fingerprint density at radius 3 is 2.52 bits per heavy atom. The number of nitrogens with one attached hydrogen (secondary N) is 4. The number of benzene rings is 1. The molecule has 1 heterocycles. The molecule has 0 saturated heterocycles. The molecule has 4 N–H and O–H groups in total. The molecule has 3 amide bonds. The first-order valence-electron chi connectivity index (χ1n) is 7.77. The Kier molecular flexibility index (Phi) is 4.64. The Hall–Kier alpha value is -3.36. The largest absolute Gasteiger partial charge is 0.335 e. The Bertz CT molecular complexity index is 913. The minimum absolute atomic E-state index is 0.241. The molecule has 1 aliphatic carbocycles. The topological polar surface area (TPSA) is 125 Å². The number of carbonyl (C=O) groups is 2. The fourth-order valence-electron chi connectivity index (χ4n) is 2.18. The van der Waals surface area contributed by atoms with Gasteiger partial charge in [-0.15, -0.1) is 0 Å². The van der Waals surface area contributed by atoms with Crippen molar-refractivity contribution in [3.8, 4) is 0 Å². The van der Waals surface area contributed by atoms with Crippen LogP contribution < -0.4 is 27.2 Å². The second-order valence-electron chi connectivity index (χ2n) is 5.74. The van der Waals surface area contributed by atoms with Gasteiger partial charge in [-0.05, 0) is 31.0 Å². The van der Waals surface area contributed by atoms with Crippen LogP contribution in [0.3, 0.4) is 0 Å². The molecule has 130 valence electrons. The first kappa shape index (κ1) is 16.5. The van der Waals surface area contributed by atoms with Crippen molar-refractivity contribution < 1.29 is 9.59 Å². The summed E-state index contributed by atoms with van der Waals surface area (Å²) in [6.07, 6.45) is 3.24. The molecule has 1 aromatic carbocycles. The summed E-state index contributed by atoms with van der Waals surface area (Å²) in [5.41, 5.74) is -0.163. The third kappa shape index (κ3) is 4.80. The maximum absolute atomic E-state index is 12.0. The van der Waals surface area contributed by atoms with Gasteiger partial charge in [-0.2, -0.15) is 0 Å². The van der Waals surface area contributed by atoms with E-state index in [9.17, 15) is 19.2 Å². The van der Waals surface area contributed by atoms with Crippen molar-refractivity contribution >= 4 is 23.3 Å². The van der Waals surface area contributed by atoms with Crippen LogP contribution >= 0.6 is 0 Å². The zero-order valence-electron chi connectivity index (χ0n) is 13.2. The summed E-state index contributed by atoms with van der Waals surface area (Å²) in [6.45, 7) is -0.241. The van der Waals surface area contributed by atoms with Crippen molar-refractivity contribution in [1.29, 1.82) is 0 Å². The lowest BCUT2D eigenvalue weighted by Gasteiger charge is -2.10. The zero-order valence-corrected chi connectivity index (χ0v) is 13.2. The van der Waals surface area contributed by atoms with Gasteiger partial charge in [0, 0.05) is 29.7 Å². The van der Waals surface area contributed by atoms with Crippen LogP contribution in [0.25, 0.3) is 0 Å². The van der Waals surface area contributed by atoms with Gasteiger partial charge in [0.25, 0.3) is 5.56 Å². The predicted molar refractivity (Wildman–Crippen MR) is 91.6 cm³/mol. The van der Waals surface area contributed by atoms with E-state index in [1.807, 2.05) is 0 Å². The van der Waals surface area contributed by atoms with Gasteiger partial charge in [0.15, 0.2) is 0 Å². The summed E-state index contributed by atoms with van der Waals surface area (Å²) >= 11 is 0. The lowest BCUT2D eigenvalue weighted by molar-refractivity contribution is -0.116. The van der Waals surface area contributed by atoms with Crippen molar-refractivity contribution in [2.45, 2.75) is 25.4 Å². The molecule has 1 aromatic heterocycles. The molecule has 1 saturated carbocycles. The molecule has 1 fully saturated rings. The summed E-state index contributed by atoms with van der Waals surface area (Å²) in [5, 5.41) is 8.13. The number of aromatic amines is 1. The average molecular weight is 343 g/mol. The molecule has 0 radical (unpaired) electrons. The Labute approximate surface area is 142 Å². The fraction of sp³-hybridized carbons (Fsp3) is 0.250. The summed E-state index contributed by atoms with van der Waals surface area (Å²) in [5.74, 6) is -0.436. The van der Waals surface area contributed by atoms with Gasteiger partial charge in [-0.1, -0.05) is 6.07 Å². The number of carbonyl (C=O) groups excluding carboxylic acids is 2. The van der Waals surface area contributed by atoms with Crippen molar-refractivity contribution in [1.82, 2.24) is 14.9 Å². The molecule has 25 heavy (non-hydrogen) atoms. The van der Waals surface area contributed by atoms with Crippen molar-refractivity contribution in [3.63, 3.8) is 0 Å². The van der Waals surface area contributed by atoms with Crippen molar-refractivity contribution in [2.75, 3.05) is 10.6 Å². The van der Waals surface area contributed by atoms with Crippen LogP contribution in [0, 0.1) is 0 Å². The summed E-state index contributed by atoms with van der Waals surface area (Å²) in [4.78, 5) is 48.4. The lowest BCUT2D eigenvalue weighted by atomic mass is 10.2. The van der Waals surface area contributed by atoms with Crippen molar-refractivity contribution in [2.24, 2.45) is 0 Å². The molecular formula is C16H17N5O4. The number of nitrogens with zero attached hydrogens (tertiary/aromatic N) is 1. The Morgan fingerprint density at radius 1 is 1.12 bits per heavy atom. The third-order valence-corrected chi connectivity index (χ3v) is 3.53. The van der Waals surface area contributed by atoms with E-state index >= 15 is 0 Å². The van der Waals surface area contributed by atoms with Crippen LogP contribution in [0.15, 0.2) is 46.1 Å². The van der Waals surface area contributed by atoms with Gasteiger partial charge in [-0.25, -0.2) is 9.59 Å². The Morgan fingerprint density at radius 2 is 1.84 bits per heavy atom. The number of anilines is 2. The lowest BCUT2D eigenvalue weighted by Crippen LogP contribution is -2.32. The third-order valence-electron chi connectivity index (χ3n) is 3.53. The van der Waals surface area contributed by atoms with E-state index < -0.39 is 17.2 Å². The number of urea groups is 1. The zero-order chi connectivity index (χ0) is 17.8. The fourth-order valence-corrected chi connectivity index (χ4v) is 2.18. The van der Waals surface area contributed by atoms with E-state index in [1.165, 1.54) is 6.20 Å². The molecule has 0 atom stereocenters. The maximum Gasteiger partial charge on any atom is 0.328 e. The maximum atomic E-state index is 12.0. The van der Waals surface area contributed by atoms with E-state index in [0.29, 0.717) is 11.4 Å². The molecule has 0 unspecified atom stereocenters. The first-order valence-corrected chi connectivity index (χ1v) is 7.77. The predicted octanol–water partition coefficient (Wildman–Crippen LogP) is 0.459. The smallest absolute Gasteiger partial charge is 0.328 e. The highest BCUT2D eigenvalue weighted by Gasteiger charge is 2.23. The number of hydrogen-bond donors (Lipinski definition) is 4. The van der Waals surface area contributed by atoms with E-state index in [2.05, 4.69) is 20.9 Å². The summed E-state index contributed by atoms with van der Waals surface area (Å²) < 4.78 is 1.09. The number of amides is 3. The van der Waals surface area contributed by atoms with Crippen LogP contribution in [0.5, 0.6) is 0 Å². The SMILES string of the molecule is O=C(Cn1ccc(=O)[nH]c1=O)Nc1cccc(NC(=O)NC2CC2)c1. The Balaban J connectivity index is 1.60. The highest BCUT2D eigenvalue weighted by Crippen LogP contribution is 2.19. The second kappa shape index (κ2) is 7.04. The van der Waals surface area contributed by atoms with Gasteiger partial charge >= 0.3 is 11.7 Å². The highest BCUT2D eigenvalue weighted by molar-refractivity contribution is 5.93. The van der Waals surface area contributed by atoms with Crippen LogP contribution in [0.1, 0.15) is 12.8 Å².